The molecule has 2 aromatic heterocycles. The van der Waals surface area contributed by atoms with Crippen molar-refractivity contribution in [1.82, 2.24) is 19.4 Å². The molecule has 148 valence electrons. The number of carbonyl (C=O) groups is 1. The fraction of sp³-hybridized carbons (Fsp3) is 0.529. The molecule has 8 nitrogen and oxygen atoms in total. The van der Waals surface area contributed by atoms with Gasteiger partial charge in [0.25, 0.3) is 15.9 Å². The van der Waals surface area contributed by atoms with Crippen molar-refractivity contribution in [2.45, 2.75) is 35.9 Å². The number of nitrogens with zero attached hydrogens (tertiary/aromatic N) is 3. The maximum Gasteiger partial charge on any atom is 0.258 e. The predicted molar refractivity (Wildman–Crippen MR) is 103 cm³/mol. The number of hydrogen-bond acceptors (Lipinski definition) is 6. The van der Waals surface area contributed by atoms with E-state index in [1.54, 1.807) is 35.1 Å². The molecule has 3 heterocycles. The lowest BCUT2D eigenvalue weighted by Gasteiger charge is -2.34. The second-order valence-corrected chi connectivity index (χ2v) is 9.53. The molecule has 1 N–H and O–H groups in total. The standard InChI is InChI=1S/C17H24N4O4S2/c1-20-12-14(17(19-20)25-2)16(22)18-9-8-13-6-3-4-10-21(13)27(23,24)15-7-5-11-26-15/h5,7,11-13H,3-4,6,8-10H2,1-2H3,(H,18,22). The van der Waals surface area contributed by atoms with Crippen LogP contribution in [-0.2, 0) is 17.1 Å². The summed E-state index contributed by atoms with van der Waals surface area (Å²) in [5, 5.41) is 8.69. The van der Waals surface area contributed by atoms with E-state index in [9.17, 15) is 13.2 Å². The van der Waals surface area contributed by atoms with Crippen molar-refractivity contribution in [3.8, 4) is 5.88 Å². The highest BCUT2D eigenvalue weighted by molar-refractivity contribution is 7.91. The first-order chi connectivity index (χ1) is 12.9. The summed E-state index contributed by atoms with van der Waals surface area (Å²) in [7, 11) is -0.289. The van der Waals surface area contributed by atoms with Gasteiger partial charge in [0.15, 0.2) is 0 Å². The number of sulfonamides is 1. The first kappa shape index (κ1) is 19.8. The Morgan fingerprint density at radius 3 is 2.96 bits per heavy atom. The lowest BCUT2D eigenvalue weighted by atomic mass is 10.0. The van der Waals surface area contributed by atoms with Crippen LogP contribution in [0.25, 0.3) is 0 Å². The van der Waals surface area contributed by atoms with Crippen LogP contribution in [0.4, 0.5) is 0 Å². The zero-order valence-corrected chi connectivity index (χ0v) is 17.1. The third-order valence-electron chi connectivity index (χ3n) is 4.63. The number of aryl methyl sites for hydroxylation is 1. The lowest BCUT2D eigenvalue weighted by Crippen LogP contribution is -2.44. The summed E-state index contributed by atoms with van der Waals surface area (Å²) in [5.74, 6) is -0.00186. The number of piperidine rings is 1. The summed E-state index contributed by atoms with van der Waals surface area (Å²) in [5.41, 5.74) is 0.367. The number of methoxy groups -OCH3 is 1. The number of thiophene rings is 1. The quantitative estimate of drug-likeness (QED) is 0.749. The van der Waals surface area contributed by atoms with Crippen molar-refractivity contribution in [2.24, 2.45) is 7.05 Å². The molecule has 0 spiro atoms. The van der Waals surface area contributed by atoms with Gasteiger partial charge in [0, 0.05) is 32.4 Å². The minimum absolute atomic E-state index is 0.109. The number of aromatic nitrogens is 2. The second-order valence-electron chi connectivity index (χ2n) is 6.47. The van der Waals surface area contributed by atoms with Gasteiger partial charge in [0.05, 0.1) is 7.11 Å². The van der Waals surface area contributed by atoms with E-state index < -0.39 is 10.0 Å². The normalized spacial score (nSPS) is 18.4. The van der Waals surface area contributed by atoms with E-state index in [1.165, 1.54) is 23.1 Å². The highest BCUT2D eigenvalue weighted by Crippen LogP contribution is 2.29. The Hall–Kier alpha value is -1.91. The SMILES string of the molecule is COc1nn(C)cc1C(=O)NCCC1CCCCN1S(=O)(=O)c1cccs1. The number of hydrogen-bond donors (Lipinski definition) is 1. The molecule has 1 fully saturated rings. The molecule has 0 radical (unpaired) electrons. The van der Waals surface area contributed by atoms with Gasteiger partial charge < -0.3 is 10.1 Å². The van der Waals surface area contributed by atoms with E-state index in [0.29, 0.717) is 29.3 Å². The summed E-state index contributed by atoms with van der Waals surface area (Å²) in [6.07, 6.45) is 4.82. The van der Waals surface area contributed by atoms with Crippen molar-refractivity contribution >= 4 is 27.3 Å². The van der Waals surface area contributed by atoms with Crippen LogP contribution in [0.3, 0.4) is 0 Å². The Balaban J connectivity index is 1.63. The van der Waals surface area contributed by atoms with Crippen molar-refractivity contribution in [1.29, 1.82) is 0 Å². The van der Waals surface area contributed by atoms with Gasteiger partial charge in [-0.3, -0.25) is 9.48 Å². The van der Waals surface area contributed by atoms with E-state index in [2.05, 4.69) is 10.4 Å². The highest BCUT2D eigenvalue weighted by atomic mass is 32.2. The number of rotatable bonds is 7. The lowest BCUT2D eigenvalue weighted by molar-refractivity contribution is 0.0946. The maximum absolute atomic E-state index is 12.9. The molecule has 1 saturated heterocycles. The molecule has 1 unspecified atom stereocenters. The zero-order chi connectivity index (χ0) is 19.4. The number of carbonyl (C=O) groups excluding carboxylic acids is 1. The van der Waals surface area contributed by atoms with Gasteiger partial charge >= 0.3 is 0 Å². The predicted octanol–water partition coefficient (Wildman–Crippen LogP) is 1.85. The van der Waals surface area contributed by atoms with Gasteiger partial charge in [-0.05, 0) is 30.7 Å². The average molecular weight is 413 g/mol. The summed E-state index contributed by atoms with van der Waals surface area (Å²) in [6, 6.07) is 3.28. The summed E-state index contributed by atoms with van der Waals surface area (Å²) >= 11 is 1.24. The van der Waals surface area contributed by atoms with Crippen molar-refractivity contribution in [3.63, 3.8) is 0 Å². The Morgan fingerprint density at radius 2 is 2.26 bits per heavy atom. The van der Waals surface area contributed by atoms with Crippen LogP contribution in [0.1, 0.15) is 36.0 Å². The Kier molecular flexibility index (Phi) is 6.18. The van der Waals surface area contributed by atoms with E-state index in [-0.39, 0.29) is 17.8 Å². The molecule has 1 amide bonds. The summed E-state index contributed by atoms with van der Waals surface area (Å²) < 4.78 is 34.4. The molecule has 0 aromatic carbocycles. The van der Waals surface area contributed by atoms with Crippen LogP contribution < -0.4 is 10.1 Å². The van der Waals surface area contributed by atoms with Gasteiger partial charge in [0.1, 0.15) is 9.77 Å². The molecular formula is C17H24N4O4S2. The molecule has 2 aromatic rings. The van der Waals surface area contributed by atoms with Gasteiger partial charge in [-0.15, -0.1) is 16.4 Å². The minimum atomic E-state index is -3.47. The third kappa shape index (κ3) is 4.33. The first-order valence-electron chi connectivity index (χ1n) is 8.84. The fourth-order valence-electron chi connectivity index (χ4n) is 3.33. The molecule has 1 atom stereocenters. The molecule has 1 aliphatic heterocycles. The van der Waals surface area contributed by atoms with Gasteiger partial charge in [0.2, 0.25) is 5.88 Å². The van der Waals surface area contributed by atoms with Crippen LogP contribution in [0.15, 0.2) is 27.9 Å². The summed E-state index contributed by atoms with van der Waals surface area (Å²) in [6.45, 7) is 0.910. The van der Waals surface area contributed by atoms with Crippen LogP contribution in [0, 0.1) is 0 Å². The Morgan fingerprint density at radius 1 is 1.44 bits per heavy atom. The zero-order valence-electron chi connectivity index (χ0n) is 15.4. The van der Waals surface area contributed by atoms with Gasteiger partial charge in [-0.2, -0.15) is 4.31 Å². The van der Waals surface area contributed by atoms with Crippen molar-refractivity contribution in [3.05, 3.63) is 29.3 Å². The van der Waals surface area contributed by atoms with Crippen LogP contribution in [0.2, 0.25) is 0 Å². The summed E-state index contributed by atoms with van der Waals surface area (Å²) in [4.78, 5) is 12.4. The first-order valence-corrected chi connectivity index (χ1v) is 11.2. The van der Waals surface area contributed by atoms with Crippen LogP contribution >= 0.6 is 11.3 Å². The number of amides is 1. The van der Waals surface area contributed by atoms with Gasteiger partial charge in [-0.25, -0.2) is 8.42 Å². The largest absolute Gasteiger partial charge is 0.479 e. The van der Waals surface area contributed by atoms with Crippen molar-refractivity contribution in [2.75, 3.05) is 20.2 Å². The van der Waals surface area contributed by atoms with Crippen LogP contribution in [-0.4, -0.2) is 54.7 Å². The van der Waals surface area contributed by atoms with E-state index in [1.807, 2.05) is 0 Å². The monoisotopic (exact) mass is 412 g/mol. The molecule has 27 heavy (non-hydrogen) atoms. The molecule has 0 bridgehead atoms. The molecule has 1 aliphatic rings. The van der Waals surface area contributed by atoms with Crippen LogP contribution in [0.5, 0.6) is 5.88 Å². The van der Waals surface area contributed by atoms with Gasteiger partial charge in [-0.1, -0.05) is 12.5 Å². The maximum atomic E-state index is 12.9. The minimum Gasteiger partial charge on any atom is -0.479 e. The van der Waals surface area contributed by atoms with Crippen molar-refractivity contribution < 1.29 is 17.9 Å². The molecule has 0 aliphatic carbocycles. The van der Waals surface area contributed by atoms with E-state index in [4.69, 9.17) is 4.74 Å². The van der Waals surface area contributed by atoms with E-state index in [0.717, 1.165) is 19.3 Å². The average Bonchev–Trinajstić information content (AvgIpc) is 3.31. The molecular weight excluding hydrogens is 388 g/mol. The Labute approximate surface area is 163 Å². The number of ether oxygens (including phenoxy) is 1. The second kappa shape index (κ2) is 8.41. The molecule has 10 heteroatoms. The smallest absolute Gasteiger partial charge is 0.258 e. The highest BCUT2D eigenvalue weighted by Gasteiger charge is 2.33. The van der Waals surface area contributed by atoms with E-state index >= 15 is 0 Å². The topological polar surface area (TPSA) is 93.5 Å². The third-order valence-corrected chi connectivity index (χ3v) is 7.95. The number of nitrogens with one attached hydrogen (secondary N) is 1. The Bertz CT molecular complexity index is 877. The molecule has 0 saturated carbocycles. The molecule has 3 rings (SSSR count). The fourth-order valence-corrected chi connectivity index (χ4v) is 6.17.